The van der Waals surface area contributed by atoms with Gasteiger partial charge in [-0.2, -0.15) is 0 Å². The Bertz CT molecular complexity index is 827. The number of carbonyl (C=O) groups is 4. The largest absolute Gasteiger partial charge is 0.354 e. The lowest BCUT2D eigenvalue weighted by Gasteiger charge is -2.15. The van der Waals surface area contributed by atoms with E-state index in [-0.39, 0.29) is 23.6 Å². The van der Waals surface area contributed by atoms with Crippen LogP contribution in [-0.4, -0.2) is 48.8 Å². The summed E-state index contributed by atoms with van der Waals surface area (Å²) in [4.78, 5) is 48.4. The second kappa shape index (κ2) is 12.9. The maximum Gasteiger partial charge on any atom is 0.251 e. The molecule has 0 saturated heterocycles. The van der Waals surface area contributed by atoms with Crippen molar-refractivity contribution in [2.24, 2.45) is 0 Å². The summed E-state index contributed by atoms with van der Waals surface area (Å²) < 4.78 is 0. The molecule has 0 unspecified atom stereocenters. The highest BCUT2D eigenvalue weighted by Crippen LogP contribution is 2.00. The van der Waals surface area contributed by atoms with E-state index in [4.69, 9.17) is 0 Å². The third kappa shape index (κ3) is 8.22. The van der Waals surface area contributed by atoms with E-state index < -0.39 is 12.1 Å². The van der Waals surface area contributed by atoms with Gasteiger partial charge in [0.2, 0.25) is 11.8 Å². The monoisotopic (exact) mass is 438 g/mol. The average Bonchev–Trinajstić information content (AvgIpc) is 2.81. The molecule has 0 fully saturated rings. The van der Waals surface area contributed by atoms with Crippen LogP contribution in [-0.2, 0) is 9.59 Å². The maximum absolute atomic E-state index is 12.1. The fourth-order valence-electron chi connectivity index (χ4n) is 2.85. The first-order valence-corrected chi connectivity index (χ1v) is 10.7. The topological polar surface area (TPSA) is 116 Å². The number of carbonyl (C=O) groups excluding carboxylic acids is 4. The van der Waals surface area contributed by atoms with Gasteiger partial charge in [0.15, 0.2) is 0 Å². The Morgan fingerprint density at radius 1 is 0.625 bits per heavy atom. The minimum Gasteiger partial charge on any atom is -0.354 e. The molecular formula is C24H30N4O4. The summed E-state index contributed by atoms with van der Waals surface area (Å²) in [6, 6.07) is 16.1. The number of nitrogens with one attached hydrogen (secondary N) is 4. The minimum atomic E-state index is -0.656. The lowest BCUT2D eigenvalue weighted by atomic mass is 10.2. The van der Waals surface area contributed by atoms with Crippen molar-refractivity contribution in [2.45, 2.75) is 38.8 Å². The lowest BCUT2D eigenvalue weighted by molar-refractivity contribution is -0.123. The number of hydrogen-bond acceptors (Lipinski definition) is 4. The molecule has 2 rings (SSSR count). The average molecular weight is 439 g/mol. The van der Waals surface area contributed by atoms with Crippen molar-refractivity contribution in [1.29, 1.82) is 0 Å². The van der Waals surface area contributed by atoms with Gasteiger partial charge in [0.05, 0.1) is 0 Å². The van der Waals surface area contributed by atoms with Crippen molar-refractivity contribution >= 4 is 23.6 Å². The normalized spacial score (nSPS) is 12.2. The van der Waals surface area contributed by atoms with Gasteiger partial charge in [-0.3, -0.25) is 19.2 Å². The Morgan fingerprint density at radius 3 is 1.31 bits per heavy atom. The van der Waals surface area contributed by atoms with Gasteiger partial charge in [-0.25, -0.2) is 0 Å². The summed E-state index contributed by atoms with van der Waals surface area (Å²) in [6.45, 7) is 4.12. The summed E-state index contributed by atoms with van der Waals surface area (Å²) in [5.74, 6) is -1.14. The van der Waals surface area contributed by atoms with Gasteiger partial charge in [0.1, 0.15) is 12.1 Å². The van der Waals surface area contributed by atoms with E-state index in [2.05, 4.69) is 21.3 Å². The number of rotatable bonds is 11. The van der Waals surface area contributed by atoms with Crippen molar-refractivity contribution in [3.63, 3.8) is 0 Å². The van der Waals surface area contributed by atoms with Crippen molar-refractivity contribution in [3.8, 4) is 0 Å². The molecule has 0 aromatic heterocycles. The molecular weight excluding hydrogens is 408 g/mol. The summed E-state index contributed by atoms with van der Waals surface area (Å²) in [5, 5.41) is 10.9. The van der Waals surface area contributed by atoms with E-state index in [1.807, 2.05) is 12.1 Å². The second-order valence-corrected chi connectivity index (χ2v) is 7.41. The maximum atomic E-state index is 12.1. The van der Waals surface area contributed by atoms with Gasteiger partial charge in [-0.05, 0) is 51.0 Å². The number of amides is 4. The molecule has 0 radical (unpaired) electrons. The second-order valence-electron chi connectivity index (χ2n) is 7.41. The molecule has 2 aromatic carbocycles. The molecule has 0 bridgehead atoms. The highest BCUT2D eigenvalue weighted by Gasteiger charge is 2.17. The van der Waals surface area contributed by atoms with Crippen LogP contribution >= 0.6 is 0 Å². The molecule has 0 aliphatic heterocycles. The Balaban J connectivity index is 1.58. The number of benzene rings is 2. The summed E-state index contributed by atoms with van der Waals surface area (Å²) in [5.41, 5.74) is 0.995. The molecule has 4 amide bonds. The van der Waals surface area contributed by atoms with Crippen LogP contribution in [0.4, 0.5) is 0 Å². The standard InChI is InChI=1S/C24H30N4O4/c1-17(27-23(31)19-11-5-3-6-12-19)21(29)25-15-9-10-16-26-22(30)18(2)28-24(32)20-13-7-4-8-14-20/h3-8,11-14,17-18H,9-10,15-16H2,1-2H3,(H,25,29)(H,26,30)(H,27,31)(H,28,32)/t17-,18-/m0/s1. The van der Waals surface area contributed by atoms with Crippen LogP contribution in [0, 0.1) is 0 Å². The fourth-order valence-corrected chi connectivity index (χ4v) is 2.85. The summed E-state index contributed by atoms with van der Waals surface area (Å²) >= 11 is 0. The van der Waals surface area contributed by atoms with Crippen LogP contribution in [0.2, 0.25) is 0 Å². The molecule has 2 aromatic rings. The van der Waals surface area contributed by atoms with Crippen molar-refractivity contribution in [3.05, 3.63) is 71.8 Å². The van der Waals surface area contributed by atoms with Crippen LogP contribution in [0.15, 0.2) is 60.7 Å². The van der Waals surface area contributed by atoms with Crippen LogP contribution in [0.1, 0.15) is 47.4 Å². The van der Waals surface area contributed by atoms with Crippen LogP contribution in [0.3, 0.4) is 0 Å². The van der Waals surface area contributed by atoms with Crippen molar-refractivity contribution < 1.29 is 19.2 Å². The first-order chi connectivity index (χ1) is 15.4. The Morgan fingerprint density at radius 2 is 0.969 bits per heavy atom. The van der Waals surface area contributed by atoms with Gasteiger partial charge in [-0.1, -0.05) is 36.4 Å². The van der Waals surface area contributed by atoms with Crippen LogP contribution in [0.25, 0.3) is 0 Å². The molecule has 0 aliphatic rings. The summed E-state index contributed by atoms with van der Waals surface area (Å²) in [7, 11) is 0. The highest BCUT2D eigenvalue weighted by atomic mass is 16.2. The molecule has 8 heteroatoms. The zero-order valence-electron chi connectivity index (χ0n) is 18.4. The number of hydrogen-bond donors (Lipinski definition) is 4. The third-order valence-corrected chi connectivity index (χ3v) is 4.76. The molecule has 0 aliphatic carbocycles. The van der Waals surface area contributed by atoms with Gasteiger partial charge in [-0.15, -0.1) is 0 Å². The quantitative estimate of drug-likeness (QED) is 0.399. The van der Waals surface area contributed by atoms with Gasteiger partial charge in [0, 0.05) is 24.2 Å². The summed E-state index contributed by atoms with van der Waals surface area (Å²) in [6.07, 6.45) is 1.33. The Hall–Kier alpha value is -3.68. The Kier molecular flexibility index (Phi) is 9.90. The highest BCUT2D eigenvalue weighted by molar-refractivity contribution is 5.98. The first kappa shape index (κ1) is 24.6. The van der Waals surface area contributed by atoms with E-state index in [9.17, 15) is 19.2 Å². The molecule has 2 atom stereocenters. The van der Waals surface area contributed by atoms with Crippen molar-refractivity contribution in [1.82, 2.24) is 21.3 Å². The van der Waals surface area contributed by atoms with E-state index in [0.717, 1.165) is 0 Å². The molecule has 0 saturated carbocycles. The zero-order chi connectivity index (χ0) is 23.3. The smallest absolute Gasteiger partial charge is 0.251 e. The van der Waals surface area contributed by atoms with Gasteiger partial charge >= 0.3 is 0 Å². The third-order valence-electron chi connectivity index (χ3n) is 4.76. The molecule has 4 N–H and O–H groups in total. The van der Waals surface area contributed by atoms with E-state index in [0.29, 0.717) is 37.1 Å². The lowest BCUT2D eigenvalue weighted by Crippen LogP contribution is -2.45. The van der Waals surface area contributed by atoms with Gasteiger partial charge < -0.3 is 21.3 Å². The van der Waals surface area contributed by atoms with Gasteiger partial charge in [0.25, 0.3) is 11.8 Å². The van der Waals surface area contributed by atoms with Crippen LogP contribution < -0.4 is 21.3 Å². The molecule has 0 heterocycles. The first-order valence-electron chi connectivity index (χ1n) is 10.7. The predicted octanol–water partition coefficient (Wildman–Crippen LogP) is 1.64. The minimum absolute atomic E-state index is 0.268. The molecule has 170 valence electrons. The Labute approximate surface area is 188 Å². The zero-order valence-corrected chi connectivity index (χ0v) is 18.4. The molecule has 8 nitrogen and oxygen atoms in total. The van der Waals surface area contributed by atoms with Crippen LogP contribution in [0.5, 0.6) is 0 Å². The molecule has 32 heavy (non-hydrogen) atoms. The number of unbranched alkanes of at least 4 members (excludes halogenated alkanes) is 1. The predicted molar refractivity (Wildman–Crippen MR) is 122 cm³/mol. The van der Waals surface area contributed by atoms with E-state index in [1.165, 1.54) is 0 Å². The van der Waals surface area contributed by atoms with Crippen molar-refractivity contribution in [2.75, 3.05) is 13.1 Å². The fraction of sp³-hybridized carbons (Fsp3) is 0.333. The SMILES string of the molecule is C[C@H](NC(=O)c1ccccc1)C(=O)NCCCCNC(=O)[C@H](C)NC(=O)c1ccccc1. The molecule has 0 spiro atoms. The van der Waals surface area contributed by atoms with E-state index in [1.54, 1.807) is 62.4 Å². The van der Waals surface area contributed by atoms with E-state index >= 15 is 0 Å².